The molecular formula is C4H7ClN3O2P. The Balaban J connectivity index is 0.000000292. The summed E-state index contributed by atoms with van der Waals surface area (Å²) in [6, 6.07) is 0. The number of halogens is 1. The predicted octanol–water partition coefficient (Wildman–Crippen LogP) is 0.415. The zero-order valence-electron chi connectivity index (χ0n) is 5.80. The molecule has 0 aromatic carbocycles. The Labute approximate surface area is 70.2 Å². The average Bonchev–Trinajstić information content (AvgIpc) is 2.12. The molecule has 1 aliphatic heterocycles. The number of nitrogens with one attached hydrogen (secondary N) is 2. The van der Waals surface area contributed by atoms with E-state index in [0.29, 0.717) is 6.54 Å². The fraction of sp³-hybridized carbons (Fsp3) is 0.500. The molecule has 0 unspecified atom stereocenters. The third-order valence-corrected chi connectivity index (χ3v) is 1.02. The number of rotatable bonds is 0. The van der Waals surface area contributed by atoms with Crippen LogP contribution in [-0.4, -0.2) is 30.4 Å². The highest BCUT2D eigenvalue weighted by Crippen LogP contribution is 1.92. The number of nitrogens with zero attached hydrogens (tertiary/aromatic N) is 1. The van der Waals surface area contributed by atoms with Crippen molar-refractivity contribution in [1.82, 2.24) is 10.2 Å². The first kappa shape index (κ1) is 10.3. The van der Waals surface area contributed by atoms with E-state index in [1.807, 2.05) is 0 Å². The second-order valence-electron chi connectivity index (χ2n) is 1.82. The molecule has 1 saturated heterocycles. The second-order valence-corrected chi connectivity index (χ2v) is 2.37. The van der Waals surface area contributed by atoms with Gasteiger partial charge in [0.05, 0.1) is 6.54 Å². The molecule has 1 amide bonds. The van der Waals surface area contributed by atoms with E-state index in [4.69, 9.17) is 9.97 Å². The Morgan fingerprint density at radius 3 is 2.36 bits per heavy atom. The largest absolute Gasteiger partial charge is 0.337 e. The van der Waals surface area contributed by atoms with Crippen molar-refractivity contribution < 1.29 is 9.36 Å². The topological polar surface area (TPSA) is 73.3 Å². The standard InChI is InChI=1S/C4H7N3O.ClOP/c1-7-2-3(8)6-4(7)5;1-3-2/h2H2,1H3,(H2,5,6,8);. The van der Waals surface area contributed by atoms with Crippen LogP contribution in [0.25, 0.3) is 0 Å². The van der Waals surface area contributed by atoms with Gasteiger partial charge in [-0.1, -0.05) is 0 Å². The average molecular weight is 196 g/mol. The molecule has 0 aromatic rings. The van der Waals surface area contributed by atoms with Crippen LogP contribution in [0.5, 0.6) is 0 Å². The van der Waals surface area contributed by atoms with Crippen molar-refractivity contribution in [2.45, 2.75) is 0 Å². The molecule has 1 fully saturated rings. The van der Waals surface area contributed by atoms with Gasteiger partial charge in [0, 0.05) is 7.05 Å². The maximum atomic E-state index is 10.4. The summed E-state index contributed by atoms with van der Waals surface area (Å²) in [5.74, 6) is 0.0903. The lowest BCUT2D eigenvalue weighted by Crippen LogP contribution is -2.25. The van der Waals surface area contributed by atoms with Gasteiger partial charge in [0.25, 0.3) is 7.81 Å². The molecule has 0 saturated carbocycles. The number of carbonyl (C=O) groups is 1. The van der Waals surface area contributed by atoms with Gasteiger partial charge in [0.2, 0.25) is 5.91 Å². The second kappa shape index (κ2) is 5.04. The summed E-state index contributed by atoms with van der Waals surface area (Å²) in [4.78, 5) is 11.9. The number of amides is 1. The SMILES string of the molecule is CN1CC(=O)NC1=N.O=PCl. The van der Waals surface area contributed by atoms with Crippen molar-refractivity contribution in [3.05, 3.63) is 0 Å². The Kier molecular flexibility index (Phi) is 4.74. The molecule has 1 rings (SSSR count). The van der Waals surface area contributed by atoms with Crippen LogP contribution < -0.4 is 5.32 Å². The maximum absolute atomic E-state index is 10.4. The molecular weight excluding hydrogens is 188 g/mol. The summed E-state index contributed by atoms with van der Waals surface area (Å²) in [6.45, 7) is 0.318. The molecule has 0 atom stereocenters. The van der Waals surface area contributed by atoms with Crippen LogP contribution in [0.2, 0.25) is 0 Å². The lowest BCUT2D eigenvalue weighted by Gasteiger charge is -2.03. The van der Waals surface area contributed by atoms with E-state index in [0.717, 1.165) is 0 Å². The van der Waals surface area contributed by atoms with E-state index in [9.17, 15) is 4.79 Å². The van der Waals surface area contributed by atoms with E-state index >= 15 is 0 Å². The van der Waals surface area contributed by atoms with E-state index < -0.39 is 0 Å². The number of hydrogen-bond donors (Lipinski definition) is 2. The first-order chi connectivity index (χ1) is 5.11. The van der Waals surface area contributed by atoms with Crippen molar-refractivity contribution >= 4 is 30.9 Å². The van der Waals surface area contributed by atoms with Gasteiger partial charge in [0.15, 0.2) is 5.96 Å². The fourth-order valence-electron chi connectivity index (χ4n) is 0.561. The number of carbonyl (C=O) groups excluding carboxylic acids is 1. The van der Waals surface area contributed by atoms with Gasteiger partial charge >= 0.3 is 0 Å². The third-order valence-electron chi connectivity index (χ3n) is 1.02. The highest BCUT2D eigenvalue weighted by atomic mass is 35.7. The minimum Gasteiger partial charge on any atom is -0.337 e. The van der Waals surface area contributed by atoms with Gasteiger partial charge in [0.1, 0.15) is 0 Å². The van der Waals surface area contributed by atoms with Gasteiger partial charge in [-0.25, -0.2) is 0 Å². The van der Waals surface area contributed by atoms with Crippen LogP contribution in [-0.2, 0) is 9.36 Å². The molecule has 0 aromatic heterocycles. The minimum atomic E-state index is -0.361. The summed E-state index contributed by atoms with van der Waals surface area (Å²) < 4.78 is 8.67. The van der Waals surface area contributed by atoms with Gasteiger partial charge < -0.3 is 4.90 Å². The molecule has 7 heteroatoms. The van der Waals surface area contributed by atoms with Crippen molar-refractivity contribution in [3.63, 3.8) is 0 Å². The first-order valence-corrected chi connectivity index (χ1v) is 4.36. The first-order valence-electron chi connectivity index (χ1n) is 2.65. The van der Waals surface area contributed by atoms with Gasteiger partial charge in [-0.15, -0.1) is 0 Å². The molecule has 0 spiro atoms. The van der Waals surface area contributed by atoms with Crippen LogP contribution in [0, 0.1) is 5.41 Å². The third kappa shape index (κ3) is 3.91. The Morgan fingerprint density at radius 2 is 2.27 bits per heavy atom. The number of likely N-dealkylation sites (N-methyl/N-ethyl adjacent to an activating group) is 1. The van der Waals surface area contributed by atoms with E-state index in [1.165, 1.54) is 0 Å². The monoisotopic (exact) mass is 195 g/mol. The van der Waals surface area contributed by atoms with Crippen LogP contribution in [0.4, 0.5) is 0 Å². The smallest absolute Gasteiger partial charge is 0.267 e. The highest BCUT2D eigenvalue weighted by molar-refractivity contribution is 7.57. The quantitative estimate of drug-likeness (QED) is 0.550. The molecule has 1 heterocycles. The summed E-state index contributed by atoms with van der Waals surface area (Å²) in [6.07, 6.45) is 0. The Bertz CT molecular complexity index is 186. The van der Waals surface area contributed by atoms with Crippen LogP contribution in [0.15, 0.2) is 0 Å². The van der Waals surface area contributed by atoms with Crippen molar-refractivity contribution in [2.75, 3.05) is 13.6 Å². The van der Waals surface area contributed by atoms with Crippen LogP contribution in [0.3, 0.4) is 0 Å². The van der Waals surface area contributed by atoms with Gasteiger partial charge in [-0.2, -0.15) is 0 Å². The molecule has 2 N–H and O–H groups in total. The maximum Gasteiger partial charge on any atom is 0.267 e. The summed E-state index contributed by atoms with van der Waals surface area (Å²) in [5.41, 5.74) is 0. The van der Waals surface area contributed by atoms with Crippen molar-refractivity contribution in [3.8, 4) is 0 Å². The molecule has 0 bridgehead atoms. The van der Waals surface area contributed by atoms with Crippen LogP contribution in [0.1, 0.15) is 0 Å². The lowest BCUT2D eigenvalue weighted by molar-refractivity contribution is -0.118. The molecule has 0 radical (unpaired) electrons. The lowest BCUT2D eigenvalue weighted by atomic mass is 10.6. The molecule has 11 heavy (non-hydrogen) atoms. The normalized spacial score (nSPS) is 16.0. The van der Waals surface area contributed by atoms with E-state index in [2.05, 4.69) is 16.6 Å². The van der Waals surface area contributed by atoms with Crippen molar-refractivity contribution in [2.24, 2.45) is 0 Å². The molecule has 62 valence electrons. The van der Waals surface area contributed by atoms with Gasteiger partial charge in [-0.3, -0.25) is 20.1 Å². The zero-order valence-corrected chi connectivity index (χ0v) is 7.45. The van der Waals surface area contributed by atoms with Crippen molar-refractivity contribution in [1.29, 1.82) is 5.41 Å². The summed E-state index contributed by atoms with van der Waals surface area (Å²) in [7, 11) is 1.33. The number of hydrogen-bond acceptors (Lipinski definition) is 3. The fourth-order valence-corrected chi connectivity index (χ4v) is 0.561. The van der Waals surface area contributed by atoms with Crippen LogP contribution >= 0.6 is 19.1 Å². The summed E-state index contributed by atoms with van der Waals surface area (Å²) >= 11 is 4.42. The van der Waals surface area contributed by atoms with E-state index in [1.54, 1.807) is 11.9 Å². The van der Waals surface area contributed by atoms with E-state index in [-0.39, 0.29) is 19.7 Å². The number of guanidine groups is 1. The molecule has 5 nitrogen and oxygen atoms in total. The molecule has 1 aliphatic rings. The predicted molar refractivity (Wildman–Crippen MR) is 42.0 cm³/mol. The zero-order chi connectivity index (χ0) is 8.85. The minimum absolute atomic E-state index is 0.0995. The summed E-state index contributed by atoms with van der Waals surface area (Å²) in [5, 5.41) is 9.32. The Hall–Kier alpha value is -0.670. The molecule has 0 aliphatic carbocycles. The Morgan fingerprint density at radius 1 is 1.82 bits per heavy atom. The highest BCUT2D eigenvalue weighted by Gasteiger charge is 2.18. The van der Waals surface area contributed by atoms with Gasteiger partial charge in [-0.05, 0) is 11.2 Å².